The van der Waals surface area contributed by atoms with Crippen molar-refractivity contribution in [1.82, 2.24) is 9.88 Å². The highest BCUT2D eigenvalue weighted by Crippen LogP contribution is 2.40. The number of amides is 1. The quantitative estimate of drug-likeness (QED) is 0.454. The normalized spacial score (nSPS) is 15.6. The van der Waals surface area contributed by atoms with Crippen LogP contribution in [0.4, 0.5) is 0 Å². The van der Waals surface area contributed by atoms with Crippen LogP contribution >= 0.6 is 0 Å². The predicted octanol–water partition coefficient (Wildman–Crippen LogP) is 5.59. The largest absolute Gasteiger partial charge is 0.495 e. The summed E-state index contributed by atoms with van der Waals surface area (Å²) in [7, 11) is 1.70. The monoisotopic (exact) mass is 424 g/mol. The molecule has 5 rings (SSSR count). The van der Waals surface area contributed by atoms with Gasteiger partial charge in [0.25, 0.3) is 0 Å². The number of fused-ring (bicyclic) bond motifs is 3. The molecule has 0 radical (unpaired) electrons. The van der Waals surface area contributed by atoms with E-state index in [4.69, 9.17) is 4.74 Å². The molecule has 32 heavy (non-hydrogen) atoms. The van der Waals surface area contributed by atoms with E-state index in [1.54, 1.807) is 7.11 Å². The SMILES string of the molecule is COc1cccc2c3c([nH]c12)C(c1ccc(C)cc1)N(C(=O)CCc1ccccc1)CC3. The molecule has 3 aromatic carbocycles. The minimum absolute atomic E-state index is 0.125. The maximum absolute atomic E-state index is 13.5. The molecule has 2 heterocycles. The molecule has 1 N–H and O–H groups in total. The maximum atomic E-state index is 13.5. The zero-order chi connectivity index (χ0) is 22.1. The summed E-state index contributed by atoms with van der Waals surface area (Å²) in [5.41, 5.74) is 6.95. The fraction of sp³-hybridized carbons (Fsp3) is 0.250. The summed E-state index contributed by atoms with van der Waals surface area (Å²) in [6.07, 6.45) is 2.09. The third-order valence-corrected chi connectivity index (χ3v) is 6.53. The number of carbonyl (C=O) groups excluding carboxylic acids is 1. The Morgan fingerprint density at radius 2 is 1.81 bits per heavy atom. The number of H-pyrrole nitrogens is 1. The lowest BCUT2D eigenvalue weighted by atomic mass is 9.91. The number of aromatic amines is 1. The van der Waals surface area contributed by atoms with Crippen molar-refractivity contribution in [1.29, 1.82) is 0 Å². The first-order chi connectivity index (χ1) is 15.7. The third kappa shape index (κ3) is 3.66. The average molecular weight is 425 g/mol. The molecule has 4 nitrogen and oxygen atoms in total. The molecule has 0 fully saturated rings. The van der Waals surface area contributed by atoms with Crippen LogP contribution in [0.25, 0.3) is 10.9 Å². The molecule has 1 aliphatic heterocycles. The van der Waals surface area contributed by atoms with Crippen molar-refractivity contribution >= 4 is 16.8 Å². The van der Waals surface area contributed by atoms with Crippen molar-refractivity contribution in [3.63, 3.8) is 0 Å². The minimum Gasteiger partial charge on any atom is -0.495 e. The predicted molar refractivity (Wildman–Crippen MR) is 128 cm³/mol. The molecular weight excluding hydrogens is 396 g/mol. The van der Waals surface area contributed by atoms with E-state index in [0.717, 1.165) is 35.4 Å². The summed E-state index contributed by atoms with van der Waals surface area (Å²) >= 11 is 0. The summed E-state index contributed by atoms with van der Waals surface area (Å²) < 4.78 is 5.61. The third-order valence-electron chi connectivity index (χ3n) is 6.53. The Kier molecular flexibility index (Phi) is 5.44. The Hall–Kier alpha value is -3.53. The first kappa shape index (κ1) is 20.4. The fourth-order valence-corrected chi connectivity index (χ4v) is 4.86. The van der Waals surface area contributed by atoms with Crippen LogP contribution in [0.3, 0.4) is 0 Å². The zero-order valence-corrected chi connectivity index (χ0v) is 18.6. The van der Waals surface area contributed by atoms with Gasteiger partial charge in [-0.15, -0.1) is 0 Å². The van der Waals surface area contributed by atoms with Crippen molar-refractivity contribution < 1.29 is 9.53 Å². The van der Waals surface area contributed by atoms with E-state index in [1.807, 2.05) is 30.3 Å². The number of carbonyl (C=O) groups is 1. The van der Waals surface area contributed by atoms with Gasteiger partial charge in [0.2, 0.25) is 5.91 Å². The Balaban J connectivity index is 1.54. The number of hydrogen-bond acceptors (Lipinski definition) is 2. The Bertz CT molecular complexity index is 1240. The van der Waals surface area contributed by atoms with Gasteiger partial charge in [0.05, 0.1) is 18.7 Å². The molecular formula is C28H28N2O2. The smallest absolute Gasteiger partial charge is 0.223 e. The lowest BCUT2D eigenvalue weighted by Crippen LogP contribution is -2.40. The van der Waals surface area contributed by atoms with E-state index >= 15 is 0 Å². The van der Waals surface area contributed by atoms with Crippen LogP contribution < -0.4 is 4.74 Å². The number of para-hydroxylation sites is 1. The van der Waals surface area contributed by atoms with Gasteiger partial charge in [-0.25, -0.2) is 0 Å². The van der Waals surface area contributed by atoms with Crippen LogP contribution in [0.1, 0.15) is 40.4 Å². The highest BCUT2D eigenvalue weighted by molar-refractivity contribution is 5.91. The van der Waals surface area contributed by atoms with Crippen molar-refractivity contribution in [3.05, 3.63) is 101 Å². The highest BCUT2D eigenvalue weighted by Gasteiger charge is 2.34. The maximum Gasteiger partial charge on any atom is 0.223 e. The number of rotatable bonds is 5. The summed E-state index contributed by atoms with van der Waals surface area (Å²) in [5, 5.41) is 1.19. The molecule has 1 aromatic heterocycles. The van der Waals surface area contributed by atoms with E-state index in [9.17, 15) is 4.79 Å². The number of ether oxygens (including phenoxy) is 1. The molecule has 1 atom stereocenters. The van der Waals surface area contributed by atoms with Crippen LogP contribution in [0.15, 0.2) is 72.8 Å². The Morgan fingerprint density at radius 3 is 2.56 bits per heavy atom. The number of methoxy groups -OCH3 is 1. The van der Waals surface area contributed by atoms with Crippen LogP contribution in [-0.4, -0.2) is 29.4 Å². The van der Waals surface area contributed by atoms with Gasteiger partial charge in [-0.05, 0) is 42.5 Å². The number of nitrogens with one attached hydrogen (secondary N) is 1. The second kappa shape index (κ2) is 8.54. The van der Waals surface area contributed by atoms with Gasteiger partial charge in [-0.3, -0.25) is 4.79 Å². The zero-order valence-electron chi connectivity index (χ0n) is 18.6. The van der Waals surface area contributed by atoms with Gasteiger partial charge in [-0.2, -0.15) is 0 Å². The fourth-order valence-electron chi connectivity index (χ4n) is 4.86. The molecule has 0 saturated heterocycles. The molecule has 4 aromatic rings. The lowest BCUT2D eigenvalue weighted by Gasteiger charge is -2.36. The molecule has 0 spiro atoms. The molecule has 1 amide bonds. The molecule has 0 bridgehead atoms. The Labute approximate surface area is 188 Å². The highest BCUT2D eigenvalue weighted by atomic mass is 16.5. The molecule has 162 valence electrons. The van der Waals surface area contributed by atoms with E-state index in [1.165, 1.54) is 22.1 Å². The second-order valence-corrected chi connectivity index (χ2v) is 8.54. The molecule has 4 heteroatoms. The number of aryl methyl sites for hydroxylation is 2. The van der Waals surface area contributed by atoms with Crippen molar-refractivity contribution in [3.8, 4) is 5.75 Å². The molecule has 0 saturated carbocycles. The first-order valence-electron chi connectivity index (χ1n) is 11.2. The molecule has 1 aliphatic rings. The van der Waals surface area contributed by atoms with Gasteiger partial charge in [-0.1, -0.05) is 72.3 Å². The summed E-state index contributed by atoms with van der Waals surface area (Å²) in [4.78, 5) is 19.1. The van der Waals surface area contributed by atoms with E-state index in [2.05, 4.69) is 59.3 Å². The van der Waals surface area contributed by atoms with Gasteiger partial charge in [0.1, 0.15) is 5.75 Å². The molecule has 0 aliphatic carbocycles. The number of benzene rings is 3. The average Bonchev–Trinajstić information content (AvgIpc) is 3.22. The minimum atomic E-state index is -0.125. The summed E-state index contributed by atoms with van der Waals surface area (Å²) in [5.74, 6) is 1.03. The number of nitrogens with zero attached hydrogens (tertiary/aromatic N) is 1. The van der Waals surface area contributed by atoms with E-state index in [0.29, 0.717) is 13.0 Å². The van der Waals surface area contributed by atoms with Gasteiger partial charge in [0.15, 0.2) is 0 Å². The first-order valence-corrected chi connectivity index (χ1v) is 11.2. The number of hydrogen-bond donors (Lipinski definition) is 1. The van der Waals surface area contributed by atoms with Gasteiger partial charge in [0, 0.05) is 24.0 Å². The number of aromatic nitrogens is 1. The van der Waals surface area contributed by atoms with Crippen LogP contribution in [-0.2, 0) is 17.6 Å². The van der Waals surface area contributed by atoms with E-state index < -0.39 is 0 Å². The summed E-state index contributed by atoms with van der Waals surface area (Å²) in [6.45, 7) is 2.80. The molecule has 1 unspecified atom stereocenters. The summed E-state index contributed by atoms with van der Waals surface area (Å²) in [6, 6.07) is 24.8. The van der Waals surface area contributed by atoms with Gasteiger partial charge < -0.3 is 14.6 Å². The van der Waals surface area contributed by atoms with Crippen LogP contribution in [0.2, 0.25) is 0 Å². The van der Waals surface area contributed by atoms with E-state index in [-0.39, 0.29) is 11.9 Å². The van der Waals surface area contributed by atoms with Gasteiger partial charge >= 0.3 is 0 Å². The second-order valence-electron chi connectivity index (χ2n) is 8.54. The Morgan fingerprint density at radius 1 is 1.03 bits per heavy atom. The standard InChI is InChI=1S/C28H28N2O2/c1-19-11-14-21(15-12-19)28-27-23(22-9-6-10-24(32-2)26(22)29-27)17-18-30(28)25(31)16-13-20-7-4-3-5-8-20/h3-12,14-15,28-29H,13,16-18H2,1-2H3. The lowest BCUT2D eigenvalue weighted by molar-refractivity contribution is -0.133. The topological polar surface area (TPSA) is 45.3 Å². The van der Waals surface area contributed by atoms with Crippen molar-refractivity contribution in [2.24, 2.45) is 0 Å². The van der Waals surface area contributed by atoms with Crippen molar-refractivity contribution in [2.75, 3.05) is 13.7 Å². The van der Waals surface area contributed by atoms with Crippen molar-refractivity contribution in [2.45, 2.75) is 32.2 Å². The van der Waals surface area contributed by atoms with Crippen LogP contribution in [0, 0.1) is 6.92 Å². The van der Waals surface area contributed by atoms with Crippen LogP contribution in [0.5, 0.6) is 5.75 Å².